The molecule has 1 spiro atoms. The van der Waals surface area contributed by atoms with Gasteiger partial charge in [-0.25, -0.2) is 9.18 Å². The van der Waals surface area contributed by atoms with Crippen LogP contribution in [0.1, 0.15) is 71.4 Å². The normalized spacial score (nSPS) is 25.4. The molecule has 6 nitrogen and oxygen atoms in total. The number of carbonyl (C=O) groups is 3. The van der Waals surface area contributed by atoms with Crippen LogP contribution in [0.3, 0.4) is 0 Å². The van der Waals surface area contributed by atoms with Gasteiger partial charge in [-0.3, -0.25) is 14.5 Å². The Kier molecular flexibility index (Phi) is 6.20. The van der Waals surface area contributed by atoms with Gasteiger partial charge in [0.1, 0.15) is 17.9 Å². The number of amides is 4. The molecule has 2 N–H and O–H groups in total. The fraction of sp³-hybridized carbons (Fsp3) is 0.609. The third-order valence-electron chi connectivity index (χ3n) is 7.15. The van der Waals surface area contributed by atoms with Crippen LogP contribution < -0.4 is 10.6 Å². The monoisotopic (exact) mass is 417 g/mol. The van der Waals surface area contributed by atoms with Crippen molar-refractivity contribution in [1.29, 1.82) is 0 Å². The summed E-state index contributed by atoms with van der Waals surface area (Å²) in [7, 11) is 0. The predicted octanol–water partition coefficient (Wildman–Crippen LogP) is 3.92. The van der Waals surface area contributed by atoms with E-state index in [-0.39, 0.29) is 29.7 Å². The number of imide groups is 1. The van der Waals surface area contributed by atoms with E-state index in [4.69, 9.17) is 0 Å². The van der Waals surface area contributed by atoms with Crippen LogP contribution in [0.15, 0.2) is 24.3 Å². The lowest BCUT2D eigenvalue weighted by molar-refractivity contribution is -0.136. The van der Waals surface area contributed by atoms with E-state index in [0.29, 0.717) is 18.8 Å². The number of hydrogen-bond acceptors (Lipinski definition) is 3. The molecular formula is C23H32FN3O3. The fourth-order valence-corrected chi connectivity index (χ4v) is 4.60. The highest BCUT2D eigenvalue weighted by atomic mass is 19.1. The Morgan fingerprint density at radius 3 is 2.43 bits per heavy atom. The van der Waals surface area contributed by atoms with Gasteiger partial charge in [0.25, 0.3) is 5.91 Å². The number of halogens is 1. The molecule has 0 bridgehead atoms. The zero-order valence-electron chi connectivity index (χ0n) is 18.3. The van der Waals surface area contributed by atoms with Crippen LogP contribution in [0.5, 0.6) is 0 Å². The maximum absolute atomic E-state index is 13.1. The second kappa shape index (κ2) is 8.36. The first-order valence-corrected chi connectivity index (χ1v) is 10.8. The van der Waals surface area contributed by atoms with Crippen LogP contribution in [-0.2, 0) is 9.59 Å². The second-order valence-electron chi connectivity index (χ2n) is 9.36. The van der Waals surface area contributed by atoms with Gasteiger partial charge >= 0.3 is 6.03 Å². The van der Waals surface area contributed by atoms with Gasteiger partial charge in [0.2, 0.25) is 5.91 Å². The summed E-state index contributed by atoms with van der Waals surface area (Å²) in [4.78, 5) is 39.1. The molecule has 1 unspecified atom stereocenters. The number of carbonyl (C=O) groups excluding carboxylic acids is 3. The molecule has 30 heavy (non-hydrogen) atoms. The molecule has 1 aliphatic carbocycles. The molecule has 1 atom stereocenters. The molecular weight excluding hydrogens is 385 g/mol. The number of nitrogens with one attached hydrogen (secondary N) is 2. The highest BCUT2D eigenvalue weighted by molar-refractivity contribution is 6.09. The number of rotatable bonds is 6. The molecule has 7 heteroatoms. The molecule has 1 aliphatic heterocycles. The van der Waals surface area contributed by atoms with Crippen molar-refractivity contribution in [2.24, 2.45) is 11.3 Å². The number of nitrogens with zero attached hydrogens (tertiary/aromatic N) is 1. The summed E-state index contributed by atoms with van der Waals surface area (Å²) in [6, 6.07) is 4.99. The predicted molar refractivity (Wildman–Crippen MR) is 112 cm³/mol. The molecule has 2 aliphatic rings. The van der Waals surface area contributed by atoms with Crippen molar-refractivity contribution in [3.63, 3.8) is 0 Å². The van der Waals surface area contributed by atoms with Crippen molar-refractivity contribution in [2.45, 2.75) is 71.4 Å². The standard InChI is InChI=1S/C23H32FN3O3/c1-5-22(3,4)17-10-12-23(13-11-17)20(29)27(21(30)26-23)14-19(28)25-15(2)16-6-8-18(24)9-7-16/h6-9,15,17H,5,10-14H2,1-4H3,(H,25,28)(H,26,30). The average molecular weight is 418 g/mol. The summed E-state index contributed by atoms with van der Waals surface area (Å²) in [6.45, 7) is 8.14. The van der Waals surface area contributed by atoms with Gasteiger partial charge in [0.05, 0.1) is 6.04 Å². The van der Waals surface area contributed by atoms with E-state index in [1.165, 1.54) is 12.1 Å². The molecule has 4 amide bonds. The third kappa shape index (κ3) is 4.35. The highest BCUT2D eigenvalue weighted by Crippen LogP contribution is 2.45. The Morgan fingerprint density at radius 2 is 1.87 bits per heavy atom. The maximum atomic E-state index is 13.1. The van der Waals surface area contributed by atoms with Gasteiger partial charge in [-0.2, -0.15) is 0 Å². The molecule has 0 aromatic heterocycles. The highest BCUT2D eigenvalue weighted by Gasteiger charge is 2.53. The average Bonchev–Trinajstić information content (AvgIpc) is 2.92. The van der Waals surface area contributed by atoms with Crippen molar-refractivity contribution in [3.05, 3.63) is 35.6 Å². The molecule has 3 rings (SSSR count). The number of hydrogen-bond donors (Lipinski definition) is 2. The van der Waals surface area contributed by atoms with Gasteiger partial charge in [-0.1, -0.05) is 39.3 Å². The molecule has 2 fully saturated rings. The molecule has 164 valence electrons. The lowest BCUT2D eigenvalue weighted by atomic mass is 9.65. The van der Waals surface area contributed by atoms with Crippen LogP contribution in [-0.4, -0.2) is 34.8 Å². The maximum Gasteiger partial charge on any atom is 0.325 e. The van der Waals surface area contributed by atoms with Crippen LogP contribution >= 0.6 is 0 Å². The van der Waals surface area contributed by atoms with Gasteiger partial charge in [0.15, 0.2) is 0 Å². The zero-order chi connectivity index (χ0) is 22.1. The van der Waals surface area contributed by atoms with Crippen molar-refractivity contribution >= 4 is 17.8 Å². The van der Waals surface area contributed by atoms with E-state index in [2.05, 4.69) is 31.4 Å². The molecule has 1 aromatic rings. The molecule has 1 aromatic carbocycles. The van der Waals surface area contributed by atoms with Gasteiger partial charge in [-0.05, 0) is 61.6 Å². The minimum atomic E-state index is -0.875. The molecule has 1 saturated heterocycles. The summed E-state index contributed by atoms with van der Waals surface area (Å²) >= 11 is 0. The van der Waals surface area contributed by atoms with Gasteiger partial charge in [0, 0.05) is 0 Å². The van der Waals surface area contributed by atoms with Gasteiger partial charge in [-0.15, -0.1) is 0 Å². The summed E-state index contributed by atoms with van der Waals surface area (Å²) in [5, 5.41) is 5.65. The van der Waals surface area contributed by atoms with E-state index < -0.39 is 17.5 Å². The number of urea groups is 1. The first-order valence-electron chi connectivity index (χ1n) is 10.8. The lowest BCUT2D eigenvalue weighted by Crippen LogP contribution is -2.51. The van der Waals surface area contributed by atoms with Crippen molar-refractivity contribution in [1.82, 2.24) is 15.5 Å². The van der Waals surface area contributed by atoms with E-state index in [9.17, 15) is 18.8 Å². The minimum Gasteiger partial charge on any atom is -0.348 e. The van der Waals surface area contributed by atoms with Gasteiger partial charge < -0.3 is 10.6 Å². The Bertz CT molecular complexity index is 813. The first kappa shape index (κ1) is 22.2. The van der Waals surface area contributed by atoms with Crippen LogP contribution in [0.4, 0.5) is 9.18 Å². The smallest absolute Gasteiger partial charge is 0.325 e. The minimum absolute atomic E-state index is 0.212. The topological polar surface area (TPSA) is 78.5 Å². The van der Waals surface area contributed by atoms with Crippen LogP contribution in [0.2, 0.25) is 0 Å². The molecule has 1 heterocycles. The molecule has 0 radical (unpaired) electrons. The largest absolute Gasteiger partial charge is 0.348 e. The second-order valence-corrected chi connectivity index (χ2v) is 9.36. The fourth-order valence-electron chi connectivity index (χ4n) is 4.60. The van der Waals surface area contributed by atoms with E-state index in [0.717, 1.165) is 29.7 Å². The molecule has 1 saturated carbocycles. The van der Waals surface area contributed by atoms with E-state index >= 15 is 0 Å². The Morgan fingerprint density at radius 1 is 1.27 bits per heavy atom. The van der Waals surface area contributed by atoms with E-state index in [1.807, 2.05) is 0 Å². The third-order valence-corrected chi connectivity index (χ3v) is 7.15. The summed E-state index contributed by atoms with van der Waals surface area (Å²) in [5.74, 6) is -0.552. The van der Waals surface area contributed by atoms with Crippen molar-refractivity contribution in [3.8, 4) is 0 Å². The van der Waals surface area contributed by atoms with Crippen LogP contribution in [0, 0.1) is 17.2 Å². The quantitative estimate of drug-likeness (QED) is 0.689. The Labute approximate surface area is 177 Å². The van der Waals surface area contributed by atoms with Crippen molar-refractivity contribution in [2.75, 3.05) is 6.54 Å². The SMILES string of the molecule is CCC(C)(C)C1CCC2(CC1)NC(=O)N(CC(=O)NC(C)c1ccc(F)cc1)C2=O. The van der Waals surface area contributed by atoms with Crippen LogP contribution in [0.25, 0.3) is 0 Å². The summed E-state index contributed by atoms with van der Waals surface area (Å²) < 4.78 is 13.1. The lowest BCUT2D eigenvalue weighted by Gasteiger charge is -2.42. The van der Waals surface area contributed by atoms with E-state index in [1.54, 1.807) is 19.1 Å². The Balaban J connectivity index is 1.60. The summed E-state index contributed by atoms with van der Waals surface area (Å²) in [6.07, 6.45) is 4.05. The first-order chi connectivity index (χ1) is 14.1. The summed E-state index contributed by atoms with van der Waals surface area (Å²) in [5.41, 5.74) is 0.0825. The zero-order valence-corrected chi connectivity index (χ0v) is 18.3. The van der Waals surface area contributed by atoms with Crippen molar-refractivity contribution < 1.29 is 18.8 Å². The number of benzene rings is 1. The Hall–Kier alpha value is -2.44.